The van der Waals surface area contributed by atoms with Gasteiger partial charge in [0, 0.05) is 29.2 Å². The van der Waals surface area contributed by atoms with Crippen LogP contribution in [0.25, 0.3) is 10.9 Å². The van der Waals surface area contributed by atoms with Crippen molar-refractivity contribution in [1.82, 2.24) is 20.5 Å². The summed E-state index contributed by atoms with van der Waals surface area (Å²) in [7, 11) is -3.04. The molecule has 3 heterocycles. The van der Waals surface area contributed by atoms with Gasteiger partial charge >= 0.3 is 6.03 Å². The number of hydrogen-bond donors (Lipinski definition) is 3. The maximum atomic E-state index is 12.4. The lowest BCUT2D eigenvalue weighted by atomic mass is 10.0. The van der Waals surface area contributed by atoms with E-state index in [0.29, 0.717) is 19.5 Å². The first-order chi connectivity index (χ1) is 12.9. The number of aromatic nitrogens is 1. The SMILES string of the molecule is O=C(CNC(=O)N1CCc2c([nH]c3ccccc23)C1)NC1CCS(=O)(=O)C1. The Balaban J connectivity index is 1.31. The van der Waals surface area contributed by atoms with E-state index in [0.717, 1.165) is 17.6 Å². The number of nitrogens with one attached hydrogen (secondary N) is 3. The fourth-order valence-corrected chi connectivity index (χ4v) is 5.49. The highest BCUT2D eigenvalue weighted by atomic mass is 32.2. The minimum atomic E-state index is -3.04. The fourth-order valence-electron chi connectivity index (χ4n) is 3.82. The summed E-state index contributed by atoms with van der Waals surface area (Å²) in [6.45, 7) is 0.896. The van der Waals surface area contributed by atoms with Crippen LogP contribution in [0.3, 0.4) is 0 Å². The molecule has 0 radical (unpaired) electrons. The van der Waals surface area contributed by atoms with Crippen LogP contribution in [0.1, 0.15) is 17.7 Å². The van der Waals surface area contributed by atoms with Crippen molar-refractivity contribution in [2.75, 3.05) is 24.6 Å². The number of hydrogen-bond acceptors (Lipinski definition) is 4. The molecule has 0 bridgehead atoms. The monoisotopic (exact) mass is 390 g/mol. The van der Waals surface area contributed by atoms with Crippen LogP contribution >= 0.6 is 0 Å². The minimum absolute atomic E-state index is 0.0258. The molecular weight excluding hydrogens is 368 g/mol. The zero-order valence-electron chi connectivity index (χ0n) is 14.8. The van der Waals surface area contributed by atoms with E-state index in [2.05, 4.69) is 21.7 Å². The number of H-pyrrole nitrogens is 1. The van der Waals surface area contributed by atoms with Crippen molar-refractivity contribution < 1.29 is 18.0 Å². The van der Waals surface area contributed by atoms with Gasteiger partial charge in [-0.05, 0) is 24.5 Å². The lowest BCUT2D eigenvalue weighted by Gasteiger charge is -2.27. The third-order valence-corrected chi connectivity index (χ3v) is 6.94. The molecule has 0 spiro atoms. The number of benzene rings is 1. The van der Waals surface area contributed by atoms with Gasteiger partial charge in [-0.25, -0.2) is 13.2 Å². The molecule has 3 N–H and O–H groups in total. The zero-order chi connectivity index (χ0) is 19.0. The van der Waals surface area contributed by atoms with Crippen molar-refractivity contribution in [1.29, 1.82) is 0 Å². The van der Waals surface area contributed by atoms with E-state index in [1.165, 1.54) is 10.9 Å². The van der Waals surface area contributed by atoms with Crippen molar-refractivity contribution in [2.24, 2.45) is 0 Å². The van der Waals surface area contributed by atoms with Crippen LogP contribution in [-0.4, -0.2) is 60.9 Å². The summed E-state index contributed by atoms with van der Waals surface area (Å²) in [6.07, 6.45) is 1.19. The van der Waals surface area contributed by atoms with E-state index in [4.69, 9.17) is 0 Å². The number of urea groups is 1. The van der Waals surface area contributed by atoms with Crippen molar-refractivity contribution in [3.05, 3.63) is 35.5 Å². The lowest BCUT2D eigenvalue weighted by molar-refractivity contribution is -0.120. The van der Waals surface area contributed by atoms with Crippen molar-refractivity contribution in [3.63, 3.8) is 0 Å². The quantitative estimate of drug-likeness (QED) is 0.710. The van der Waals surface area contributed by atoms with Crippen LogP contribution in [0, 0.1) is 0 Å². The molecule has 3 amide bonds. The molecule has 4 rings (SSSR count). The largest absolute Gasteiger partial charge is 0.357 e. The molecule has 8 nitrogen and oxygen atoms in total. The first-order valence-electron chi connectivity index (χ1n) is 9.02. The molecular formula is C18H22N4O4S. The fraction of sp³-hybridized carbons (Fsp3) is 0.444. The number of nitrogens with zero attached hydrogens (tertiary/aromatic N) is 1. The Kier molecular flexibility index (Phi) is 4.55. The Morgan fingerprint density at radius 3 is 2.85 bits per heavy atom. The number of para-hydroxylation sites is 1. The van der Waals surface area contributed by atoms with Crippen LogP contribution in [-0.2, 0) is 27.6 Å². The number of aromatic amines is 1. The van der Waals surface area contributed by atoms with Crippen LogP contribution in [0.2, 0.25) is 0 Å². The van der Waals surface area contributed by atoms with Crippen molar-refractivity contribution >= 4 is 32.7 Å². The second-order valence-electron chi connectivity index (χ2n) is 7.13. The smallest absolute Gasteiger partial charge is 0.318 e. The van der Waals surface area contributed by atoms with E-state index in [-0.39, 0.29) is 36.0 Å². The molecule has 1 aromatic heterocycles. The summed E-state index contributed by atoms with van der Waals surface area (Å²) < 4.78 is 22.9. The third kappa shape index (κ3) is 3.78. The molecule has 1 unspecified atom stereocenters. The number of fused-ring (bicyclic) bond motifs is 3. The molecule has 2 aromatic rings. The number of carbonyl (C=O) groups excluding carboxylic acids is 2. The van der Waals surface area contributed by atoms with Crippen LogP contribution in [0.15, 0.2) is 24.3 Å². The molecule has 1 aromatic carbocycles. The van der Waals surface area contributed by atoms with Crippen LogP contribution < -0.4 is 10.6 Å². The number of carbonyl (C=O) groups is 2. The Bertz CT molecular complexity index is 998. The van der Waals surface area contributed by atoms with Gasteiger partial charge in [0.15, 0.2) is 9.84 Å². The van der Waals surface area contributed by atoms with E-state index < -0.39 is 9.84 Å². The standard InChI is InChI=1S/C18H22N4O4S/c23-17(20-12-6-8-27(25,26)11-12)9-19-18(24)22-7-5-14-13-3-1-2-4-15(13)21-16(14)10-22/h1-4,12,21H,5-11H2,(H,19,24)(H,20,23). The van der Waals surface area contributed by atoms with E-state index in [9.17, 15) is 18.0 Å². The third-order valence-electron chi connectivity index (χ3n) is 5.17. The van der Waals surface area contributed by atoms with Gasteiger partial charge in [-0.2, -0.15) is 0 Å². The Labute approximate surface area is 157 Å². The first kappa shape index (κ1) is 17.8. The van der Waals surface area contributed by atoms with Gasteiger partial charge in [0.25, 0.3) is 0 Å². The molecule has 0 saturated carbocycles. The topological polar surface area (TPSA) is 111 Å². The van der Waals surface area contributed by atoms with Gasteiger partial charge in [-0.1, -0.05) is 18.2 Å². The van der Waals surface area contributed by atoms with Gasteiger partial charge in [0.2, 0.25) is 5.91 Å². The number of amides is 3. The van der Waals surface area contributed by atoms with Crippen molar-refractivity contribution in [3.8, 4) is 0 Å². The summed E-state index contributed by atoms with van der Waals surface area (Å²) in [6, 6.07) is 7.42. The predicted molar refractivity (Wildman–Crippen MR) is 101 cm³/mol. The highest BCUT2D eigenvalue weighted by molar-refractivity contribution is 7.91. The Morgan fingerprint density at radius 1 is 1.26 bits per heavy atom. The number of sulfone groups is 1. The predicted octanol–water partition coefficient (Wildman–Crippen LogP) is 0.539. The molecule has 1 saturated heterocycles. The molecule has 1 atom stereocenters. The molecule has 27 heavy (non-hydrogen) atoms. The Hall–Kier alpha value is -2.55. The van der Waals surface area contributed by atoms with Gasteiger partial charge in [-0.3, -0.25) is 4.79 Å². The maximum absolute atomic E-state index is 12.4. The van der Waals surface area contributed by atoms with Gasteiger partial charge in [0.1, 0.15) is 0 Å². The Morgan fingerprint density at radius 2 is 2.07 bits per heavy atom. The number of rotatable bonds is 3. The van der Waals surface area contributed by atoms with Gasteiger partial charge < -0.3 is 20.5 Å². The summed E-state index contributed by atoms with van der Waals surface area (Å²) in [4.78, 5) is 29.4. The molecule has 1 fully saturated rings. The first-order valence-corrected chi connectivity index (χ1v) is 10.8. The summed E-state index contributed by atoms with van der Waals surface area (Å²) in [5.41, 5.74) is 3.34. The molecule has 144 valence electrons. The molecule has 2 aliphatic heterocycles. The summed E-state index contributed by atoms with van der Waals surface area (Å²) >= 11 is 0. The van der Waals surface area contributed by atoms with E-state index in [1.54, 1.807) is 4.90 Å². The highest BCUT2D eigenvalue weighted by Gasteiger charge is 2.29. The van der Waals surface area contributed by atoms with Crippen LogP contribution in [0.5, 0.6) is 0 Å². The summed E-state index contributed by atoms with van der Waals surface area (Å²) in [5.74, 6) is -0.291. The zero-order valence-corrected chi connectivity index (χ0v) is 15.6. The van der Waals surface area contributed by atoms with Crippen molar-refractivity contribution in [2.45, 2.75) is 25.4 Å². The average molecular weight is 390 g/mol. The molecule has 2 aliphatic rings. The second kappa shape index (κ2) is 6.88. The van der Waals surface area contributed by atoms with Gasteiger partial charge in [-0.15, -0.1) is 0 Å². The summed E-state index contributed by atoms with van der Waals surface area (Å²) in [5, 5.41) is 6.48. The second-order valence-corrected chi connectivity index (χ2v) is 9.35. The normalized spacial score (nSPS) is 21.0. The molecule has 9 heteroatoms. The van der Waals surface area contributed by atoms with Gasteiger partial charge in [0.05, 0.1) is 24.6 Å². The minimum Gasteiger partial charge on any atom is -0.357 e. The van der Waals surface area contributed by atoms with Crippen LogP contribution in [0.4, 0.5) is 4.79 Å². The average Bonchev–Trinajstić information content (AvgIpc) is 3.18. The lowest BCUT2D eigenvalue weighted by Crippen LogP contribution is -2.47. The maximum Gasteiger partial charge on any atom is 0.318 e. The van der Waals surface area contributed by atoms with E-state index in [1.807, 2.05) is 18.2 Å². The highest BCUT2D eigenvalue weighted by Crippen LogP contribution is 2.27. The molecule has 0 aliphatic carbocycles. The van der Waals surface area contributed by atoms with E-state index >= 15 is 0 Å².